The molecule has 3 heterocycles. The molecular formula is C17H12Cl2N2O4. The number of aromatic nitrogens is 1. The van der Waals surface area contributed by atoms with Crippen LogP contribution in [0.15, 0.2) is 30.3 Å². The van der Waals surface area contributed by atoms with Crippen LogP contribution in [0, 0.1) is 6.92 Å². The van der Waals surface area contributed by atoms with E-state index in [1.807, 2.05) is 0 Å². The Hall–Kier alpha value is -2.15. The lowest BCUT2D eigenvalue weighted by molar-refractivity contribution is -0.204. The highest BCUT2D eigenvalue weighted by atomic mass is 35.5. The van der Waals surface area contributed by atoms with Crippen molar-refractivity contribution in [1.82, 2.24) is 4.98 Å². The molecule has 1 aromatic carbocycles. The Balaban J connectivity index is 2.00. The molecule has 8 heteroatoms. The minimum absolute atomic E-state index is 0.0713. The van der Waals surface area contributed by atoms with Gasteiger partial charge in [0, 0.05) is 11.6 Å². The number of anilines is 1. The van der Waals surface area contributed by atoms with Crippen LogP contribution >= 0.6 is 23.2 Å². The quantitative estimate of drug-likeness (QED) is 0.605. The van der Waals surface area contributed by atoms with Gasteiger partial charge in [0.1, 0.15) is 11.3 Å². The SMILES string of the molecule is Cc1ccc2c(n1)C(=O)N1c3cccc(Cl)c3C(=O)OC21OCCCl. The molecule has 0 fully saturated rings. The van der Waals surface area contributed by atoms with Gasteiger partial charge in [-0.3, -0.25) is 4.79 Å². The van der Waals surface area contributed by atoms with Crippen LogP contribution in [-0.4, -0.2) is 29.3 Å². The first-order chi connectivity index (χ1) is 12.0. The highest BCUT2D eigenvalue weighted by molar-refractivity contribution is 6.35. The number of esters is 1. The molecule has 2 aliphatic heterocycles. The number of hydrogen-bond acceptors (Lipinski definition) is 5. The van der Waals surface area contributed by atoms with Crippen LogP contribution in [-0.2, 0) is 15.4 Å². The van der Waals surface area contributed by atoms with E-state index in [2.05, 4.69) is 4.98 Å². The smallest absolute Gasteiger partial charge is 0.345 e. The van der Waals surface area contributed by atoms with Gasteiger partial charge in [0.15, 0.2) is 0 Å². The summed E-state index contributed by atoms with van der Waals surface area (Å²) in [4.78, 5) is 31.3. The zero-order valence-corrected chi connectivity index (χ0v) is 14.6. The van der Waals surface area contributed by atoms with Crippen molar-refractivity contribution in [2.75, 3.05) is 17.4 Å². The average molecular weight is 379 g/mol. The van der Waals surface area contributed by atoms with Crippen LogP contribution in [0.3, 0.4) is 0 Å². The lowest BCUT2D eigenvalue weighted by Gasteiger charge is -2.41. The minimum atomic E-state index is -1.73. The molecule has 0 N–H and O–H groups in total. The molecule has 0 saturated heterocycles. The number of rotatable bonds is 3. The van der Waals surface area contributed by atoms with Crippen molar-refractivity contribution in [3.8, 4) is 0 Å². The molecule has 0 saturated carbocycles. The third-order valence-corrected chi connectivity index (χ3v) is 4.59. The molecule has 1 atom stereocenters. The average Bonchev–Trinajstić information content (AvgIpc) is 2.82. The summed E-state index contributed by atoms with van der Waals surface area (Å²) < 4.78 is 11.4. The largest absolute Gasteiger partial charge is 0.405 e. The number of halogens is 2. The first kappa shape index (κ1) is 16.3. The zero-order chi connectivity index (χ0) is 17.8. The van der Waals surface area contributed by atoms with Gasteiger partial charge in [-0.25, -0.2) is 14.7 Å². The van der Waals surface area contributed by atoms with Crippen LogP contribution < -0.4 is 4.90 Å². The normalized spacial score (nSPS) is 20.8. The Labute approximate surface area is 153 Å². The molecule has 0 radical (unpaired) electrons. The number of alkyl halides is 1. The number of amides is 1. The molecule has 0 aliphatic carbocycles. The van der Waals surface area contributed by atoms with Gasteiger partial charge >= 0.3 is 11.9 Å². The molecule has 2 aromatic rings. The molecule has 2 aliphatic rings. The predicted molar refractivity (Wildman–Crippen MR) is 91.0 cm³/mol. The van der Waals surface area contributed by atoms with Gasteiger partial charge in [0.05, 0.1) is 22.9 Å². The van der Waals surface area contributed by atoms with Crippen molar-refractivity contribution in [1.29, 1.82) is 0 Å². The summed E-state index contributed by atoms with van der Waals surface area (Å²) in [5, 5.41) is 0.196. The fourth-order valence-electron chi connectivity index (χ4n) is 3.13. The number of aryl methyl sites for hydroxylation is 1. The Morgan fingerprint density at radius 3 is 2.84 bits per heavy atom. The summed E-state index contributed by atoms with van der Waals surface area (Å²) >= 11 is 11.9. The topological polar surface area (TPSA) is 68.7 Å². The molecule has 6 nitrogen and oxygen atoms in total. The van der Waals surface area contributed by atoms with Gasteiger partial charge in [-0.15, -0.1) is 11.6 Å². The lowest BCUT2D eigenvalue weighted by atomic mass is 10.1. The van der Waals surface area contributed by atoms with E-state index in [-0.39, 0.29) is 28.8 Å². The van der Waals surface area contributed by atoms with E-state index in [0.717, 1.165) is 0 Å². The fourth-order valence-corrected chi connectivity index (χ4v) is 3.45. The standard InChI is InChI=1S/C17H12Cl2N2O4/c1-9-5-6-10-14(20-9)15(22)21-12-4-2-3-11(19)13(12)16(23)25-17(10,21)24-8-7-18/h2-6H,7-8H2,1H3. The van der Waals surface area contributed by atoms with Crippen LogP contribution in [0.4, 0.5) is 5.69 Å². The maximum atomic E-state index is 13.0. The number of fused-ring (bicyclic) bond motifs is 5. The highest BCUT2D eigenvalue weighted by Crippen LogP contribution is 2.49. The molecular weight excluding hydrogens is 367 g/mol. The first-order valence-corrected chi connectivity index (χ1v) is 8.45. The van der Waals surface area contributed by atoms with Crippen molar-refractivity contribution in [2.45, 2.75) is 12.8 Å². The fraction of sp³-hybridized carbons (Fsp3) is 0.235. The number of carbonyl (C=O) groups is 2. The van der Waals surface area contributed by atoms with E-state index in [4.69, 9.17) is 32.7 Å². The van der Waals surface area contributed by atoms with Gasteiger partial charge in [0.2, 0.25) is 0 Å². The van der Waals surface area contributed by atoms with Crippen molar-refractivity contribution in [3.63, 3.8) is 0 Å². The van der Waals surface area contributed by atoms with Crippen molar-refractivity contribution < 1.29 is 19.1 Å². The summed E-state index contributed by atoms with van der Waals surface area (Å²) in [5.74, 6) is -2.66. The molecule has 0 bridgehead atoms. The Morgan fingerprint density at radius 1 is 1.28 bits per heavy atom. The second kappa shape index (κ2) is 5.69. The second-order valence-electron chi connectivity index (χ2n) is 5.63. The summed E-state index contributed by atoms with van der Waals surface area (Å²) in [6.45, 7) is 1.84. The van der Waals surface area contributed by atoms with Gasteiger partial charge in [-0.1, -0.05) is 17.7 Å². The molecule has 1 unspecified atom stereocenters. The molecule has 4 rings (SSSR count). The lowest BCUT2D eigenvalue weighted by Crippen LogP contribution is -2.53. The number of benzene rings is 1. The summed E-state index contributed by atoms with van der Waals surface area (Å²) in [6.07, 6.45) is 0. The Morgan fingerprint density at radius 2 is 2.08 bits per heavy atom. The van der Waals surface area contributed by atoms with E-state index >= 15 is 0 Å². The molecule has 128 valence electrons. The van der Waals surface area contributed by atoms with E-state index < -0.39 is 17.8 Å². The molecule has 0 spiro atoms. The van der Waals surface area contributed by atoms with Gasteiger partial charge in [-0.2, -0.15) is 0 Å². The van der Waals surface area contributed by atoms with Crippen LogP contribution in [0.2, 0.25) is 5.02 Å². The van der Waals surface area contributed by atoms with E-state index in [9.17, 15) is 9.59 Å². The highest BCUT2D eigenvalue weighted by Gasteiger charge is 2.60. The molecule has 25 heavy (non-hydrogen) atoms. The van der Waals surface area contributed by atoms with Gasteiger partial charge < -0.3 is 9.47 Å². The van der Waals surface area contributed by atoms with Gasteiger partial charge in [0.25, 0.3) is 5.91 Å². The molecule has 1 amide bonds. The third-order valence-electron chi connectivity index (χ3n) is 4.12. The Bertz CT molecular complexity index is 918. The van der Waals surface area contributed by atoms with E-state index in [0.29, 0.717) is 16.9 Å². The number of nitrogens with zero attached hydrogens (tertiary/aromatic N) is 2. The van der Waals surface area contributed by atoms with Crippen LogP contribution in [0.5, 0.6) is 0 Å². The third kappa shape index (κ3) is 2.18. The van der Waals surface area contributed by atoms with E-state index in [1.165, 1.54) is 4.90 Å². The summed E-state index contributed by atoms with van der Waals surface area (Å²) in [6, 6.07) is 8.23. The minimum Gasteiger partial charge on any atom is -0.405 e. The number of carbonyl (C=O) groups excluding carboxylic acids is 2. The van der Waals surface area contributed by atoms with Crippen LogP contribution in [0.1, 0.15) is 32.1 Å². The number of ether oxygens (including phenoxy) is 2. The van der Waals surface area contributed by atoms with E-state index in [1.54, 1.807) is 37.3 Å². The first-order valence-electron chi connectivity index (χ1n) is 7.54. The van der Waals surface area contributed by atoms with Crippen molar-refractivity contribution in [3.05, 3.63) is 57.9 Å². The monoisotopic (exact) mass is 378 g/mol. The van der Waals surface area contributed by atoms with Crippen molar-refractivity contribution in [2.24, 2.45) is 0 Å². The maximum Gasteiger partial charge on any atom is 0.345 e. The summed E-state index contributed by atoms with van der Waals surface area (Å²) in [7, 11) is 0. The molecule has 1 aromatic heterocycles. The number of pyridine rings is 1. The zero-order valence-electron chi connectivity index (χ0n) is 13.1. The van der Waals surface area contributed by atoms with Crippen LogP contribution in [0.25, 0.3) is 0 Å². The summed E-state index contributed by atoms with van der Waals surface area (Å²) in [5.41, 5.74) is 1.64. The number of hydrogen-bond donors (Lipinski definition) is 0. The predicted octanol–water partition coefficient (Wildman–Crippen LogP) is 3.24. The van der Waals surface area contributed by atoms with Gasteiger partial charge in [-0.05, 0) is 31.2 Å². The second-order valence-corrected chi connectivity index (χ2v) is 6.42. The Kier molecular flexibility index (Phi) is 3.72. The maximum absolute atomic E-state index is 13.0. The van der Waals surface area contributed by atoms with Crippen molar-refractivity contribution >= 4 is 40.8 Å².